The Morgan fingerprint density at radius 3 is 2.43 bits per heavy atom. The molecule has 2 rings (SSSR count). The third-order valence-corrected chi connectivity index (χ3v) is 4.52. The number of para-hydroxylation sites is 1. The summed E-state index contributed by atoms with van der Waals surface area (Å²) >= 11 is 0. The first-order chi connectivity index (χ1) is 9.99. The SMILES string of the molecule is CCOS(=O)(=O)c1ccc(C)cc1-c1ccccc1OC. The van der Waals surface area contributed by atoms with Crippen LogP contribution in [0.25, 0.3) is 11.1 Å². The fraction of sp³-hybridized carbons (Fsp3) is 0.250. The molecule has 2 aromatic rings. The molecule has 0 bridgehead atoms. The quantitative estimate of drug-likeness (QED) is 0.795. The zero-order chi connectivity index (χ0) is 15.5. The van der Waals surface area contributed by atoms with Gasteiger partial charge in [-0.1, -0.05) is 29.8 Å². The fourth-order valence-corrected chi connectivity index (χ4v) is 3.27. The van der Waals surface area contributed by atoms with Crippen LogP contribution < -0.4 is 4.74 Å². The minimum absolute atomic E-state index is 0.0988. The molecule has 0 atom stereocenters. The van der Waals surface area contributed by atoms with Crippen molar-refractivity contribution < 1.29 is 17.3 Å². The summed E-state index contributed by atoms with van der Waals surface area (Å²) in [6.45, 7) is 3.66. The molecule has 0 saturated carbocycles. The van der Waals surface area contributed by atoms with Crippen molar-refractivity contribution in [1.29, 1.82) is 0 Å². The Hall–Kier alpha value is -1.85. The smallest absolute Gasteiger partial charge is 0.297 e. The summed E-state index contributed by atoms with van der Waals surface area (Å²) in [5.74, 6) is 0.621. The lowest BCUT2D eigenvalue weighted by Gasteiger charge is -2.14. The Bertz CT molecular complexity index is 736. The van der Waals surface area contributed by atoms with Crippen molar-refractivity contribution in [2.24, 2.45) is 0 Å². The normalized spacial score (nSPS) is 11.4. The number of ether oxygens (including phenoxy) is 1. The van der Waals surface area contributed by atoms with E-state index in [1.807, 2.05) is 31.2 Å². The Labute approximate surface area is 125 Å². The van der Waals surface area contributed by atoms with Crippen LogP contribution in [0.5, 0.6) is 5.75 Å². The van der Waals surface area contributed by atoms with Crippen LogP contribution in [0.2, 0.25) is 0 Å². The Balaban J connectivity index is 2.71. The number of benzene rings is 2. The van der Waals surface area contributed by atoms with Crippen LogP contribution in [0.1, 0.15) is 12.5 Å². The van der Waals surface area contributed by atoms with Crippen LogP contribution in [0.15, 0.2) is 47.4 Å². The van der Waals surface area contributed by atoms with E-state index >= 15 is 0 Å². The Morgan fingerprint density at radius 2 is 1.76 bits per heavy atom. The molecule has 0 N–H and O–H groups in total. The number of methoxy groups -OCH3 is 1. The summed E-state index contributed by atoms with van der Waals surface area (Å²) in [6, 6.07) is 12.5. The molecule has 5 heteroatoms. The van der Waals surface area contributed by atoms with Crippen LogP contribution in [0, 0.1) is 6.92 Å². The van der Waals surface area contributed by atoms with Gasteiger partial charge in [-0.2, -0.15) is 8.42 Å². The molecule has 0 aliphatic carbocycles. The second kappa shape index (κ2) is 6.28. The second-order valence-electron chi connectivity index (χ2n) is 4.56. The van der Waals surface area contributed by atoms with E-state index in [1.165, 1.54) is 0 Å². The highest BCUT2D eigenvalue weighted by Gasteiger charge is 2.21. The van der Waals surface area contributed by atoms with Crippen molar-refractivity contribution in [3.05, 3.63) is 48.0 Å². The highest BCUT2D eigenvalue weighted by molar-refractivity contribution is 7.87. The standard InChI is InChI=1S/C16H18O4S/c1-4-20-21(17,18)16-10-9-12(2)11-14(16)13-7-5-6-8-15(13)19-3/h5-11H,4H2,1-3H3. The zero-order valence-corrected chi connectivity index (χ0v) is 13.1. The summed E-state index contributed by atoms with van der Waals surface area (Å²) in [6.07, 6.45) is 0. The van der Waals surface area contributed by atoms with Crippen LogP contribution in [0.3, 0.4) is 0 Å². The molecule has 0 aromatic heterocycles. The largest absolute Gasteiger partial charge is 0.496 e. The number of hydrogen-bond acceptors (Lipinski definition) is 4. The average molecular weight is 306 g/mol. The lowest BCUT2D eigenvalue weighted by molar-refractivity contribution is 0.338. The van der Waals surface area contributed by atoms with Gasteiger partial charge in [-0.15, -0.1) is 0 Å². The molecule has 0 aliphatic rings. The predicted molar refractivity (Wildman–Crippen MR) is 82.0 cm³/mol. The molecule has 21 heavy (non-hydrogen) atoms. The summed E-state index contributed by atoms with van der Waals surface area (Å²) in [5.41, 5.74) is 2.27. The second-order valence-corrected chi connectivity index (χ2v) is 6.14. The molecule has 2 aromatic carbocycles. The van der Waals surface area contributed by atoms with Crippen molar-refractivity contribution >= 4 is 10.1 Å². The van der Waals surface area contributed by atoms with E-state index in [2.05, 4.69) is 0 Å². The summed E-state index contributed by atoms with van der Waals surface area (Å²) in [7, 11) is -2.23. The molecule has 0 unspecified atom stereocenters. The molecule has 0 heterocycles. The summed E-state index contributed by atoms with van der Waals surface area (Å²) in [5, 5.41) is 0. The van der Waals surface area contributed by atoms with Crippen molar-refractivity contribution in [3.8, 4) is 16.9 Å². The Morgan fingerprint density at radius 1 is 1.05 bits per heavy atom. The molecule has 0 fully saturated rings. The topological polar surface area (TPSA) is 52.6 Å². The monoisotopic (exact) mass is 306 g/mol. The van der Waals surface area contributed by atoms with Gasteiger partial charge in [0, 0.05) is 11.1 Å². The fourth-order valence-electron chi connectivity index (χ4n) is 2.16. The average Bonchev–Trinajstić information content (AvgIpc) is 2.46. The van der Waals surface area contributed by atoms with Gasteiger partial charge in [0.05, 0.1) is 13.7 Å². The maximum absolute atomic E-state index is 12.3. The first-order valence-electron chi connectivity index (χ1n) is 6.63. The van der Waals surface area contributed by atoms with Crippen LogP contribution in [-0.2, 0) is 14.3 Å². The molecule has 0 saturated heterocycles. The van der Waals surface area contributed by atoms with E-state index in [9.17, 15) is 8.42 Å². The minimum atomic E-state index is -3.79. The maximum Gasteiger partial charge on any atom is 0.297 e. The highest BCUT2D eigenvalue weighted by Crippen LogP contribution is 2.35. The van der Waals surface area contributed by atoms with E-state index in [0.717, 1.165) is 11.1 Å². The Kier molecular flexibility index (Phi) is 4.65. The number of rotatable bonds is 5. The van der Waals surface area contributed by atoms with Gasteiger partial charge < -0.3 is 4.74 Å². The van der Waals surface area contributed by atoms with Gasteiger partial charge in [-0.25, -0.2) is 0 Å². The van der Waals surface area contributed by atoms with Gasteiger partial charge in [0.15, 0.2) is 0 Å². The summed E-state index contributed by atoms with van der Waals surface area (Å²) in [4.78, 5) is 0.152. The zero-order valence-electron chi connectivity index (χ0n) is 12.3. The highest BCUT2D eigenvalue weighted by atomic mass is 32.2. The van der Waals surface area contributed by atoms with E-state index in [1.54, 1.807) is 32.2 Å². The molecule has 0 spiro atoms. The lowest BCUT2D eigenvalue weighted by atomic mass is 10.0. The molecular weight excluding hydrogens is 288 g/mol. The van der Waals surface area contributed by atoms with Crippen molar-refractivity contribution in [1.82, 2.24) is 0 Å². The van der Waals surface area contributed by atoms with Gasteiger partial charge in [-0.05, 0) is 32.0 Å². The predicted octanol–water partition coefficient (Wildman–Crippen LogP) is 3.40. The van der Waals surface area contributed by atoms with Crippen molar-refractivity contribution in [2.45, 2.75) is 18.7 Å². The molecule has 0 radical (unpaired) electrons. The number of aryl methyl sites for hydroxylation is 1. The van der Waals surface area contributed by atoms with Crippen molar-refractivity contribution in [2.75, 3.05) is 13.7 Å². The molecule has 112 valence electrons. The van der Waals surface area contributed by atoms with Gasteiger partial charge in [-0.3, -0.25) is 4.18 Å². The van der Waals surface area contributed by atoms with Gasteiger partial charge in [0.1, 0.15) is 10.6 Å². The van der Waals surface area contributed by atoms with E-state index in [4.69, 9.17) is 8.92 Å². The molecule has 4 nitrogen and oxygen atoms in total. The van der Waals surface area contributed by atoms with E-state index in [0.29, 0.717) is 11.3 Å². The van der Waals surface area contributed by atoms with E-state index < -0.39 is 10.1 Å². The van der Waals surface area contributed by atoms with Gasteiger partial charge >= 0.3 is 0 Å². The van der Waals surface area contributed by atoms with Gasteiger partial charge in [0.2, 0.25) is 0 Å². The molecule has 0 amide bonds. The lowest BCUT2D eigenvalue weighted by Crippen LogP contribution is -2.08. The maximum atomic E-state index is 12.3. The van der Waals surface area contributed by atoms with Crippen molar-refractivity contribution in [3.63, 3.8) is 0 Å². The van der Waals surface area contributed by atoms with Gasteiger partial charge in [0.25, 0.3) is 10.1 Å². The first kappa shape index (κ1) is 15.5. The molecular formula is C16H18O4S. The minimum Gasteiger partial charge on any atom is -0.496 e. The summed E-state index contributed by atoms with van der Waals surface area (Å²) < 4.78 is 34.8. The van der Waals surface area contributed by atoms with Crippen LogP contribution >= 0.6 is 0 Å². The third-order valence-electron chi connectivity index (χ3n) is 3.07. The first-order valence-corrected chi connectivity index (χ1v) is 8.04. The van der Waals surface area contributed by atoms with E-state index in [-0.39, 0.29) is 11.5 Å². The third kappa shape index (κ3) is 3.25. The van der Waals surface area contributed by atoms with Crippen LogP contribution in [-0.4, -0.2) is 22.1 Å². The van der Waals surface area contributed by atoms with Crippen LogP contribution in [0.4, 0.5) is 0 Å². The molecule has 0 aliphatic heterocycles. The number of hydrogen-bond donors (Lipinski definition) is 0.